The molecule has 1 saturated carbocycles. The van der Waals surface area contributed by atoms with Gasteiger partial charge in [-0.3, -0.25) is 4.79 Å². The van der Waals surface area contributed by atoms with Gasteiger partial charge in [-0.15, -0.1) is 0 Å². The topological polar surface area (TPSA) is 55.8 Å². The molecule has 0 amide bonds. The van der Waals surface area contributed by atoms with Crippen LogP contribution < -0.4 is 9.47 Å². The Morgan fingerprint density at radius 1 is 1.12 bits per heavy atom. The molecule has 0 aromatic heterocycles. The van der Waals surface area contributed by atoms with Gasteiger partial charge >= 0.3 is 5.97 Å². The lowest BCUT2D eigenvalue weighted by Gasteiger charge is -2.21. The van der Waals surface area contributed by atoms with E-state index in [0.717, 1.165) is 24.0 Å². The highest BCUT2D eigenvalue weighted by atomic mass is 16.5. The second kappa shape index (κ2) is 8.06. The van der Waals surface area contributed by atoms with E-state index in [2.05, 4.69) is 0 Å². The van der Waals surface area contributed by atoms with Crippen molar-refractivity contribution >= 4 is 5.97 Å². The Labute approximate surface area is 148 Å². The third-order valence-corrected chi connectivity index (χ3v) is 4.52. The third kappa shape index (κ3) is 4.53. The van der Waals surface area contributed by atoms with Crippen LogP contribution in [-0.2, 0) is 11.4 Å². The van der Waals surface area contributed by atoms with Crippen LogP contribution in [-0.4, -0.2) is 17.7 Å². The largest absolute Gasteiger partial charge is 0.490 e. The maximum Gasteiger partial charge on any atom is 0.303 e. The summed E-state index contributed by atoms with van der Waals surface area (Å²) in [5.74, 6) is 1.00. The Hall–Kier alpha value is -2.49. The van der Waals surface area contributed by atoms with Crippen molar-refractivity contribution < 1.29 is 19.4 Å². The summed E-state index contributed by atoms with van der Waals surface area (Å²) in [6, 6.07) is 15.7. The first kappa shape index (κ1) is 17.3. The van der Waals surface area contributed by atoms with Crippen LogP contribution in [0.5, 0.6) is 11.5 Å². The predicted molar refractivity (Wildman–Crippen MR) is 96.1 cm³/mol. The van der Waals surface area contributed by atoms with Crippen molar-refractivity contribution in [2.45, 2.75) is 38.7 Å². The summed E-state index contributed by atoms with van der Waals surface area (Å²) >= 11 is 0. The van der Waals surface area contributed by atoms with Crippen LogP contribution in [0.1, 0.15) is 43.2 Å². The Morgan fingerprint density at radius 3 is 2.52 bits per heavy atom. The van der Waals surface area contributed by atoms with Crippen molar-refractivity contribution in [3.05, 3.63) is 59.7 Å². The van der Waals surface area contributed by atoms with Gasteiger partial charge in [-0.2, -0.15) is 0 Å². The predicted octanol–water partition coefficient (Wildman–Crippen LogP) is 4.63. The van der Waals surface area contributed by atoms with Crippen LogP contribution in [0.15, 0.2) is 48.5 Å². The molecule has 132 valence electrons. The Kier molecular flexibility index (Phi) is 5.59. The molecule has 4 nitrogen and oxygen atoms in total. The van der Waals surface area contributed by atoms with Gasteiger partial charge in [-0.1, -0.05) is 42.5 Å². The number of para-hydroxylation sites is 1. The van der Waals surface area contributed by atoms with Gasteiger partial charge < -0.3 is 14.6 Å². The molecule has 0 aliphatic heterocycles. The van der Waals surface area contributed by atoms with E-state index in [-0.39, 0.29) is 12.3 Å². The molecule has 25 heavy (non-hydrogen) atoms. The molecule has 0 bridgehead atoms. The Morgan fingerprint density at radius 2 is 1.88 bits per heavy atom. The zero-order chi connectivity index (χ0) is 17.6. The van der Waals surface area contributed by atoms with Crippen molar-refractivity contribution in [2.75, 3.05) is 6.61 Å². The van der Waals surface area contributed by atoms with Gasteiger partial charge in [0.15, 0.2) is 11.5 Å². The van der Waals surface area contributed by atoms with E-state index >= 15 is 0 Å². The summed E-state index contributed by atoms with van der Waals surface area (Å²) in [5, 5.41) is 9.32. The molecule has 1 N–H and O–H groups in total. The molecule has 0 spiro atoms. The van der Waals surface area contributed by atoms with Crippen molar-refractivity contribution in [1.82, 2.24) is 0 Å². The highest BCUT2D eigenvalue weighted by molar-refractivity contribution is 5.69. The SMILES string of the molecule is CCOc1cccc(C(CC(=O)O)C2CC2)c1OCc1ccccc1. The number of hydrogen-bond acceptors (Lipinski definition) is 3. The van der Waals surface area contributed by atoms with E-state index in [1.165, 1.54) is 0 Å². The van der Waals surface area contributed by atoms with Crippen LogP contribution in [0, 0.1) is 5.92 Å². The number of benzene rings is 2. The molecule has 1 aliphatic rings. The number of rotatable bonds is 9. The number of hydrogen-bond donors (Lipinski definition) is 1. The number of aliphatic carboxylic acids is 1. The second-order valence-corrected chi connectivity index (χ2v) is 6.42. The Balaban J connectivity index is 1.90. The van der Waals surface area contributed by atoms with Gasteiger partial charge in [0.2, 0.25) is 0 Å². The fraction of sp³-hybridized carbons (Fsp3) is 0.381. The summed E-state index contributed by atoms with van der Waals surface area (Å²) in [7, 11) is 0. The lowest BCUT2D eigenvalue weighted by Crippen LogP contribution is -2.11. The minimum atomic E-state index is -0.771. The molecule has 3 rings (SSSR count). The smallest absolute Gasteiger partial charge is 0.303 e. The van der Waals surface area contributed by atoms with Crippen molar-refractivity contribution in [2.24, 2.45) is 5.92 Å². The lowest BCUT2D eigenvalue weighted by molar-refractivity contribution is -0.137. The number of carboxylic acids is 1. The summed E-state index contributed by atoms with van der Waals surface area (Å²) < 4.78 is 11.9. The van der Waals surface area contributed by atoms with E-state index in [1.807, 2.05) is 55.5 Å². The molecular formula is C21H24O4. The summed E-state index contributed by atoms with van der Waals surface area (Å²) in [6.07, 6.45) is 2.28. The first-order valence-corrected chi connectivity index (χ1v) is 8.83. The molecular weight excluding hydrogens is 316 g/mol. The number of carbonyl (C=O) groups is 1. The molecule has 1 aliphatic carbocycles. The number of carboxylic acid groups (broad SMARTS) is 1. The normalized spacial score (nSPS) is 14.8. The zero-order valence-corrected chi connectivity index (χ0v) is 14.5. The van der Waals surface area contributed by atoms with Crippen LogP contribution in [0.25, 0.3) is 0 Å². The molecule has 1 atom stereocenters. The summed E-state index contributed by atoms with van der Waals surface area (Å²) in [4.78, 5) is 11.3. The van der Waals surface area contributed by atoms with Gasteiger partial charge in [0.25, 0.3) is 0 Å². The standard InChI is InChI=1S/C21H24O4/c1-2-24-19-10-6-9-17(18(13-20(22)23)16-11-12-16)21(19)25-14-15-7-4-3-5-8-15/h3-10,16,18H,2,11-14H2,1H3,(H,22,23). The van der Waals surface area contributed by atoms with Crippen LogP contribution >= 0.6 is 0 Å². The minimum Gasteiger partial charge on any atom is -0.490 e. The molecule has 1 fully saturated rings. The second-order valence-electron chi connectivity index (χ2n) is 6.42. The fourth-order valence-corrected chi connectivity index (χ4v) is 3.20. The molecule has 4 heteroatoms. The maximum atomic E-state index is 11.3. The van der Waals surface area contributed by atoms with Crippen molar-refractivity contribution in [1.29, 1.82) is 0 Å². The van der Waals surface area contributed by atoms with Crippen molar-refractivity contribution in [3.63, 3.8) is 0 Å². The van der Waals surface area contributed by atoms with Gasteiger partial charge in [-0.25, -0.2) is 0 Å². The average molecular weight is 340 g/mol. The molecule has 2 aromatic rings. The first-order chi connectivity index (χ1) is 12.2. The molecule has 0 saturated heterocycles. The van der Waals surface area contributed by atoms with E-state index in [9.17, 15) is 9.90 Å². The van der Waals surface area contributed by atoms with E-state index in [0.29, 0.717) is 30.6 Å². The van der Waals surface area contributed by atoms with Crippen LogP contribution in [0.4, 0.5) is 0 Å². The van der Waals surface area contributed by atoms with Gasteiger partial charge in [0.1, 0.15) is 6.61 Å². The molecule has 0 heterocycles. The van der Waals surface area contributed by atoms with Gasteiger partial charge in [0, 0.05) is 11.5 Å². The lowest BCUT2D eigenvalue weighted by atomic mass is 9.90. The van der Waals surface area contributed by atoms with Crippen LogP contribution in [0.3, 0.4) is 0 Å². The highest BCUT2D eigenvalue weighted by Crippen LogP contribution is 2.49. The van der Waals surface area contributed by atoms with Gasteiger partial charge in [0.05, 0.1) is 13.0 Å². The quantitative estimate of drug-likeness (QED) is 0.723. The first-order valence-electron chi connectivity index (χ1n) is 8.83. The molecule has 0 radical (unpaired) electrons. The van der Waals surface area contributed by atoms with E-state index in [4.69, 9.17) is 9.47 Å². The summed E-state index contributed by atoms with van der Waals surface area (Å²) in [5.41, 5.74) is 2.02. The van der Waals surface area contributed by atoms with Crippen molar-refractivity contribution in [3.8, 4) is 11.5 Å². The minimum absolute atomic E-state index is 0.0244. The number of ether oxygens (including phenoxy) is 2. The third-order valence-electron chi connectivity index (χ3n) is 4.52. The summed E-state index contributed by atoms with van der Waals surface area (Å²) in [6.45, 7) is 2.91. The van der Waals surface area contributed by atoms with E-state index < -0.39 is 5.97 Å². The fourth-order valence-electron chi connectivity index (χ4n) is 3.20. The average Bonchev–Trinajstić information content (AvgIpc) is 3.44. The van der Waals surface area contributed by atoms with Gasteiger partial charge in [-0.05, 0) is 37.3 Å². The molecule has 2 aromatic carbocycles. The highest BCUT2D eigenvalue weighted by Gasteiger charge is 2.36. The Bertz CT molecular complexity index is 707. The zero-order valence-electron chi connectivity index (χ0n) is 14.5. The maximum absolute atomic E-state index is 11.3. The monoisotopic (exact) mass is 340 g/mol. The van der Waals surface area contributed by atoms with E-state index in [1.54, 1.807) is 0 Å². The van der Waals surface area contributed by atoms with Crippen LogP contribution in [0.2, 0.25) is 0 Å². The molecule has 1 unspecified atom stereocenters.